The largest absolute Gasteiger partial charge is 0.381 e. The first kappa shape index (κ1) is 10.9. The molecule has 1 rings (SSSR count). The fraction of sp³-hybridized carbons (Fsp3) is 0.364. The van der Waals surface area contributed by atoms with E-state index in [-0.39, 0.29) is 23.9 Å². The fourth-order valence-electron chi connectivity index (χ4n) is 1.14. The maximum absolute atomic E-state index is 13.1. The van der Waals surface area contributed by atoms with Gasteiger partial charge in [0, 0.05) is 13.5 Å². The molecule has 3 heteroatoms. The topological polar surface area (TPSA) is 26.3 Å². The van der Waals surface area contributed by atoms with Crippen LogP contribution in [0.3, 0.4) is 0 Å². The smallest absolute Gasteiger partial charge is 0.168 e. The van der Waals surface area contributed by atoms with Crippen LogP contribution < -0.4 is 0 Å². The zero-order chi connectivity index (χ0) is 10.6. The van der Waals surface area contributed by atoms with Gasteiger partial charge >= 0.3 is 0 Å². The predicted octanol–water partition coefficient (Wildman–Crippen LogP) is 2.43. The summed E-state index contributed by atoms with van der Waals surface area (Å²) >= 11 is 0. The van der Waals surface area contributed by atoms with Crippen LogP contribution in [0.2, 0.25) is 0 Å². The molecule has 0 aliphatic carbocycles. The quantitative estimate of drug-likeness (QED) is 0.691. The van der Waals surface area contributed by atoms with Crippen LogP contribution in [-0.2, 0) is 4.74 Å². The van der Waals surface area contributed by atoms with Crippen LogP contribution >= 0.6 is 0 Å². The lowest BCUT2D eigenvalue weighted by molar-refractivity contribution is 0.0788. The SMILES string of the molecule is COC(C)CC(=O)c1ccccc1F. The highest BCUT2D eigenvalue weighted by molar-refractivity contribution is 5.96. The highest BCUT2D eigenvalue weighted by Crippen LogP contribution is 2.11. The molecule has 0 aliphatic heterocycles. The van der Waals surface area contributed by atoms with E-state index in [0.717, 1.165) is 0 Å². The number of hydrogen-bond donors (Lipinski definition) is 0. The average molecular weight is 196 g/mol. The molecule has 2 nitrogen and oxygen atoms in total. The van der Waals surface area contributed by atoms with Crippen LogP contribution in [0, 0.1) is 5.82 Å². The van der Waals surface area contributed by atoms with Gasteiger partial charge in [-0.25, -0.2) is 4.39 Å². The van der Waals surface area contributed by atoms with Gasteiger partial charge in [-0.15, -0.1) is 0 Å². The molecule has 0 saturated carbocycles. The number of hydrogen-bond acceptors (Lipinski definition) is 2. The Balaban J connectivity index is 2.75. The molecule has 0 saturated heterocycles. The van der Waals surface area contributed by atoms with E-state index in [0.29, 0.717) is 0 Å². The van der Waals surface area contributed by atoms with Crippen molar-refractivity contribution in [3.05, 3.63) is 35.6 Å². The number of ketones is 1. The van der Waals surface area contributed by atoms with E-state index in [1.165, 1.54) is 19.2 Å². The van der Waals surface area contributed by atoms with Crippen molar-refractivity contribution >= 4 is 5.78 Å². The normalized spacial score (nSPS) is 12.5. The summed E-state index contributed by atoms with van der Waals surface area (Å²) in [6, 6.07) is 5.98. The summed E-state index contributed by atoms with van der Waals surface area (Å²) in [7, 11) is 1.53. The monoisotopic (exact) mass is 196 g/mol. The summed E-state index contributed by atoms with van der Waals surface area (Å²) in [4.78, 5) is 11.5. The molecule has 76 valence electrons. The van der Waals surface area contributed by atoms with Crippen LogP contribution in [0.4, 0.5) is 4.39 Å². The number of ether oxygens (including phenoxy) is 1. The molecule has 0 aliphatic rings. The van der Waals surface area contributed by atoms with E-state index in [1.807, 2.05) is 0 Å². The standard InChI is InChI=1S/C11H13FO2/c1-8(14-2)7-11(13)9-5-3-4-6-10(9)12/h3-6,8H,7H2,1-2H3. The molecule has 1 atom stereocenters. The number of carbonyl (C=O) groups is 1. The molecule has 0 aromatic heterocycles. The molecule has 1 aromatic rings. The lowest BCUT2D eigenvalue weighted by Crippen LogP contribution is -2.13. The van der Waals surface area contributed by atoms with E-state index in [1.54, 1.807) is 19.1 Å². The van der Waals surface area contributed by atoms with Crippen molar-refractivity contribution in [1.82, 2.24) is 0 Å². The van der Waals surface area contributed by atoms with Gasteiger partial charge in [0.05, 0.1) is 11.7 Å². The second-order valence-electron chi connectivity index (χ2n) is 3.15. The molecule has 0 amide bonds. The first-order chi connectivity index (χ1) is 6.65. The van der Waals surface area contributed by atoms with Gasteiger partial charge in [-0.3, -0.25) is 4.79 Å². The Morgan fingerprint density at radius 1 is 1.50 bits per heavy atom. The molecule has 0 heterocycles. The third-order valence-corrected chi connectivity index (χ3v) is 2.05. The lowest BCUT2D eigenvalue weighted by Gasteiger charge is -2.08. The lowest BCUT2D eigenvalue weighted by atomic mass is 10.1. The third-order valence-electron chi connectivity index (χ3n) is 2.05. The Morgan fingerprint density at radius 3 is 2.71 bits per heavy atom. The van der Waals surface area contributed by atoms with Gasteiger partial charge in [-0.05, 0) is 19.1 Å². The average Bonchev–Trinajstić information content (AvgIpc) is 2.18. The van der Waals surface area contributed by atoms with Crippen molar-refractivity contribution in [3.63, 3.8) is 0 Å². The summed E-state index contributed by atoms with van der Waals surface area (Å²) in [6.07, 6.45) is 0.0272. The van der Waals surface area contributed by atoms with Crippen molar-refractivity contribution in [2.45, 2.75) is 19.4 Å². The highest BCUT2D eigenvalue weighted by atomic mass is 19.1. The van der Waals surface area contributed by atoms with Crippen molar-refractivity contribution in [1.29, 1.82) is 0 Å². The molecule has 0 bridgehead atoms. The third kappa shape index (κ3) is 2.64. The van der Waals surface area contributed by atoms with Gasteiger partial charge in [-0.1, -0.05) is 12.1 Å². The molecular weight excluding hydrogens is 183 g/mol. The molecule has 0 radical (unpaired) electrons. The minimum atomic E-state index is -0.471. The second-order valence-corrected chi connectivity index (χ2v) is 3.15. The second kappa shape index (κ2) is 4.86. The van der Waals surface area contributed by atoms with Crippen LogP contribution in [0.1, 0.15) is 23.7 Å². The van der Waals surface area contributed by atoms with E-state index < -0.39 is 5.82 Å². The summed E-state index contributed by atoms with van der Waals surface area (Å²) in [5.74, 6) is -0.696. The van der Waals surface area contributed by atoms with E-state index in [4.69, 9.17) is 4.74 Å². The fourth-order valence-corrected chi connectivity index (χ4v) is 1.14. The van der Waals surface area contributed by atoms with Crippen LogP contribution in [0.15, 0.2) is 24.3 Å². The molecular formula is C11H13FO2. The number of Topliss-reactive ketones (excluding diaryl/α,β-unsaturated/α-hetero) is 1. The Bertz CT molecular complexity index is 323. The van der Waals surface area contributed by atoms with Gasteiger partial charge in [0.1, 0.15) is 5.82 Å². The van der Waals surface area contributed by atoms with Gasteiger partial charge in [0.15, 0.2) is 5.78 Å². The molecule has 1 unspecified atom stereocenters. The summed E-state index contributed by atoms with van der Waals surface area (Å²) < 4.78 is 18.1. The molecule has 0 spiro atoms. The number of methoxy groups -OCH3 is 1. The number of benzene rings is 1. The van der Waals surface area contributed by atoms with Crippen molar-refractivity contribution in [2.24, 2.45) is 0 Å². The van der Waals surface area contributed by atoms with Gasteiger partial charge in [-0.2, -0.15) is 0 Å². The molecule has 0 fully saturated rings. The van der Waals surface area contributed by atoms with Crippen LogP contribution in [0.5, 0.6) is 0 Å². The van der Waals surface area contributed by atoms with Gasteiger partial charge in [0.25, 0.3) is 0 Å². The zero-order valence-electron chi connectivity index (χ0n) is 8.29. The van der Waals surface area contributed by atoms with Crippen molar-refractivity contribution in [3.8, 4) is 0 Å². The zero-order valence-corrected chi connectivity index (χ0v) is 8.29. The molecule has 14 heavy (non-hydrogen) atoms. The molecule has 1 aromatic carbocycles. The predicted molar refractivity (Wildman–Crippen MR) is 51.8 cm³/mol. The van der Waals surface area contributed by atoms with Crippen LogP contribution in [-0.4, -0.2) is 19.0 Å². The van der Waals surface area contributed by atoms with Crippen molar-refractivity contribution < 1.29 is 13.9 Å². The van der Waals surface area contributed by atoms with Crippen molar-refractivity contribution in [2.75, 3.05) is 7.11 Å². The number of halogens is 1. The number of carbonyl (C=O) groups excluding carboxylic acids is 1. The maximum atomic E-state index is 13.1. The first-order valence-electron chi connectivity index (χ1n) is 4.45. The summed E-state index contributed by atoms with van der Waals surface area (Å²) in [5.41, 5.74) is 0.136. The summed E-state index contributed by atoms with van der Waals surface area (Å²) in [5, 5.41) is 0. The van der Waals surface area contributed by atoms with Crippen LogP contribution in [0.25, 0.3) is 0 Å². The van der Waals surface area contributed by atoms with E-state index >= 15 is 0 Å². The maximum Gasteiger partial charge on any atom is 0.168 e. The Morgan fingerprint density at radius 2 is 2.14 bits per heavy atom. The highest BCUT2D eigenvalue weighted by Gasteiger charge is 2.13. The summed E-state index contributed by atoms with van der Waals surface area (Å²) in [6.45, 7) is 1.78. The minimum Gasteiger partial charge on any atom is -0.381 e. The first-order valence-corrected chi connectivity index (χ1v) is 4.45. The minimum absolute atomic E-state index is 0.136. The van der Waals surface area contributed by atoms with E-state index in [2.05, 4.69) is 0 Å². The van der Waals surface area contributed by atoms with Gasteiger partial charge < -0.3 is 4.74 Å². The Labute approximate surface area is 82.7 Å². The Kier molecular flexibility index (Phi) is 3.77. The number of rotatable bonds is 4. The molecule has 0 N–H and O–H groups in total. The van der Waals surface area contributed by atoms with Gasteiger partial charge in [0.2, 0.25) is 0 Å². The van der Waals surface area contributed by atoms with E-state index in [9.17, 15) is 9.18 Å². The Hall–Kier alpha value is -1.22.